The van der Waals surface area contributed by atoms with Gasteiger partial charge in [0.15, 0.2) is 0 Å². The third-order valence-corrected chi connectivity index (χ3v) is 7.74. The summed E-state index contributed by atoms with van der Waals surface area (Å²) in [5.74, 6) is 0. The Kier molecular flexibility index (Phi) is 4.33. The van der Waals surface area contributed by atoms with Gasteiger partial charge in [0.25, 0.3) is 0 Å². The molecule has 0 radical (unpaired) electrons. The normalized spacial score (nSPS) is 11.9. The largest absolute Gasteiger partial charge is 0.309 e. The van der Waals surface area contributed by atoms with Crippen LogP contribution >= 0.6 is 0 Å². The zero-order chi connectivity index (χ0) is 27.1. The molecule has 0 aliphatic carbocycles. The van der Waals surface area contributed by atoms with Crippen LogP contribution in [-0.4, -0.2) is 9.13 Å². The van der Waals surface area contributed by atoms with Gasteiger partial charge in [-0.15, -0.1) is 0 Å². The van der Waals surface area contributed by atoms with E-state index in [9.17, 15) is 0 Å². The molecule has 2 aromatic heterocycles. The first kappa shape index (κ1) is 20.0. The minimum atomic E-state index is 0. The molecule has 6 aromatic carbocycles. The van der Waals surface area contributed by atoms with E-state index in [0.29, 0.717) is 0 Å². The molecule has 2 heteroatoms. The zero-order valence-electron chi connectivity index (χ0n) is 22.8. The van der Waals surface area contributed by atoms with Crippen LogP contribution in [0.25, 0.3) is 66.1 Å². The van der Waals surface area contributed by atoms with Gasteiger partial charge in [0.1, 0.15) is 0 Å². The predicted molar refractivity (Wildman–Crippen MR) is 165 cm³/mol. The number of aromatic nitrogens is 2. The van der Waals surface area contributed by atoms with Gasteiger partial charge in [-0.2, -0.15) is 0 Å². The average Bonchev–Trinajstić information content (AvgIpc) is 3.55. The lowest BCUT2D eigenvalue weighted by atomic mass is 10.0. The lowest BCUT2D eigenvalue weighted by Gasteiger charge is -2.18. The molecule has 0 aliphatic rings. The van der Waals surface area contributed by atoms with Crippen molar-refractivity contribution in [3.05, 3.63) is 146 Å². The first-order chi connectivity index (χ1) is 19.9. The highest BCUT2D eigenvalue weighted by Crippen LogP contribution is 2.40. The van der Waals surface area contributed by atoms with E-state index < -0.39 is 0 Å². The summed E-state index contributed by atoms with van der Waals surface area (Å²) >= 11 is 0. The van der Waals surface area contributed by atoms with Gasteiger partial charge in [0, 0.05) is 37.1 Å². The third kappa shape index (κ3) is 2.95. The Morgan fingerprint density at radius 1 is 0.316 bits per heavy atom. The first-order valence-corrected chi connectivity index (χ1v) is 13.1. The van der Waals surface area contributed by atoms with Gasteiger partial charge >= 0.3 is 0 Å². The Balaban J connectivity index is 0.000000987. The van der Waals surface area contributed by atoms with Crippen molar-refractivity contribution < 1.29 is 4.40 Å². The van der Waals surface area contributed by atoms with Crippen molar-refractivity contribution in [3.63, 3.8) is 0 Å². The summed E-state index contributed by atoms with van der Waals surface area (Å²) in [5, 5.41) is 5.09. The number of benzene rings is 6. The van der Waals surface area contributed by atoms with Gasteiger partial charge in [-0.3, -0.25) is 0 Å². The van der Waals surface area contributed by atoms with Gasteiger partial charge in [-0.25, -0.2) is 0 Å². The van der Waals surface area contributed by atoms with Crippen molar-refractivity contribution in [1.82, 2.24) is 9.13 Å². The van der Waals surface area contributed by atoms with Gasteiger partial charge in [-0.1, -0.05) is 109 Å². The Morgan fingerprint density at radius 3 is 0.921 bits per heavy atom. The molecule has 8 rings (SSSR count). The van der Waals surface area contributed by atoms with E-state index in [1.54, 1.807) is 0 Å². The molecule has 0 bridgehead atoms. The molecule has 0 saturated carbocycles. The van der Waals surface area contributed by atoms with Crippen molar-refractivity contribution in [1.29, 1.82) is 0 Å². The molecule has 0 atom stereocenters. The van der Waals surface area contributed by atoms with Crippen LogP contribution in [0.4, 0.5) is 0 Å². The second kappa shape index (κ2) is 8.22. The van der Waals surface area contributed by atoms with Gasteiger partial charge in [-0.05, 0) is 36.4 Å². The summed E-state index contributed by atoms with van der Waals surface area (Å²) < 4.78 is 14.8. The SMILES string of the molecule is [2HH].[2H][2H].c1ccc(-n2c3ccccc3c3ccccc32)c(-c2ccccc2-n2c3ccccc3c3ccccc32)c1. The Bertz CT molecular complexity index is 1890. The topological polar surface area (TPSA) is 9.86 Å². The molecule has 0 fully saturated rings. The number of rotatable bonds is 3. The van der Waals surface area contributed by atoms with Crippen LogP contribution in [0.2, 0.25) is 0 Å². The van der Waals surface area contributed by atoms with Crippen LogP contribution < -0.4 is 0 Å². The number of fused-ring (bicyclic) bond motifs is 6. The van der Waals surface area contributed by atoms with E-state index in [1.807, 2.05) is 0 Å². The Morgan fingerprint density at radius 2 is 0.579 bits per heavy atom. The molecule has 2 heterocycles. The maximum absolute atomic E-state index is 5.00. The van der Waals surface area contributed by atoms with E-state index in [0.717, 1.165) is 0 Å². The van der Waals surface area contributed by atoms with Crippen LogP contribution in [0.5, 0.6) is 0 Å². The second-order valence-electron chi connectivity index (χ2n) is 9.77. The van der Waals surface area contributed by atoms with Gasteiger partial charge in [0.05, 0.1) is 33.4 Å². The summed E-state index contributed by atoms with van der Waals surface area (Å²) in [6.45, 7) is 0. The third-order valence-electron chi connectivity index (χ3n) is 7.74. The fraction of sp³-hybridized carbons (Fsp3) is 0. The lowest BCUT2D eigenvalue weighted by Crippen LogP contribution is -2.01. The van der Waals surface area contributed by atoms with Crippen LogP contribution in [0.1, 0.15) is 4.40 Å². The molecule has 2 nitrogen and oxygen atoms in total. The molecule has 0 saturated heterocycles. The van der Waals surface area contributed by atoms with Crippen molar-refractivity contribution in [3.8, 4) is 22.5 Å². The number of hydrogen-bond donors (Lipinski definition) is 0. The molecule has 0 spiro atoms. The number of nitrogens with zero attached hydrogens (tertiary/aromatic N) is 2. The molecular formula is C36H28N2. The predicted octanol–water partition coefficient (Wildman–Crippen LogP) is 10.0. The summed E-state index contributed by atoms with van der Waals surface area (Å²) in [4.78, 5) is 0. The summed E-state index contributed by atoms with van der Waals surface area (Å²) in [7, 11) is 0. The zero-order valence-corrected chi connectivity index (χ0v) is 20.8. The monoisotopic (exact) mass is 491 g/mol. The first-order valence-electron chi connectivity index (χ1n) is 14.1. The van der Waals surface area contributed by atoms with Gasteiger partial charge < -0.3 is 9.13 Å². The van der Waals surface area contributed by atoms with Crippen LogP contribution in [-0.2, 0) is 0 Å². The standard InChI is InChI=1S/C36H24N2.2H2/c1-7-19-31-25(13-1)26-14-2-8-20-32(26)37(31)35-23-11-5-17-29(35)30-18-6-12-24-36(30)38-33-21-9-3-15-27(33)28-16-4-10-22-34(28)38;;/h1-24H;2*1H/i;1+1D;1+1. The smallest absolute Gasteiger partial charge is 0.0541 e. The average molecular weight is 492 g/mol. The van der Waals surface area contributed by atoms with Crippen molar-refractivity contribution in [2.75, 3.05) is 0 Å². The highest BCUT2D eigenvalue weighted by molar-refractivity contribution is 6.11. The van der Waals surface area contributed by atoms with E-state index in [2.05, 4.69) is 155 Å². The van der Waals surface area contributed by atoms with Crippen molar-refractivity contribution >= 4 is 43.6 Å². The van der Waals surface area contributed by atoms with Crippen LogP contribution in [0.15, 0.2) is 146 Å². The summed E-state index contributed by atoms with van der Waals surface area (Å²) in [6, 6.07) is 52.4. The van der Waals surface area contributed by atoms with Crippen LogP contribution in [0.3, 0.4) is 0 Å². The molecule has 0 aliphatic heterocycles. The maximum atomic E-state index is 5.00. The summed E-state index contributed by atoms with van der Waals surface area (Å²) in [5.41, 5.74) is 9.64. The highest BCUT2D eigenvalue weighted by Gasteiger charge is 2.19. The molecule has 8 aromatic rings. The fourth-order valence-corrected chi connectivity index (χ4v) is 6.16. The molecule has 182 valence electrons. The highest BCUT2D eigenvalue weighted by atomic mass is 15.0. The van der Waals surface area contributed by atoms with E-state index in [-0.39, 0.29) is 1.43 Å². The van der Waals surface area contributed by atoms with Crippen molar-refractivity contribution in [2.24, 2.45) is 0 Å². The fourth-order valence-electron chi connectivity index (χ4n) is 6.16. The van der Waals surface area contributed by atoms with E-state index in [4.69, 9.17) is 2.97 Å². The molecule has 0 N–H and O–H groups in total. The maximum Gasteiger partial charge on any atom is 0.0541 e. The lowest BCUT2D eigenvalue weighted by molar-refractivity contribution is 1.16. The minimum Gasteiger partial charge on any atom is -0.309 e. The molecule has 38 heavy (non-hydrogen) atoms. The van der Waals surface area contributed by atoms with E-state index in [1.165, 1.54) is 66.1 Å². The number of para-hydroxylation sites is 6. The quantitative estimate of drug-likeness (QED) is 0.233. The minimum absolute atomic E-state index is 0. The molecular weight excluding hydrogens is 460 g/mol. The molecule has 0 unspecified atom stereocenters. The Labute approximate surface area is 225 Å². The summed E-state index contributed by atoms with van der Waals surface area (Å²) in [6.07, 6.45) is 0. The molecule has 0 amide bonds. The number of hydrogen-bond acceptors (Lipinski definition) is 0. The second-order valence-corrected chi connectivity index (χ2v) is 9.77. The van der Waals surface area contributed by atoms with Crippen molar-refractivity contribution in [2.45, 2.75) is 0 Å². The van der Waals surface area contributed by atoms with E-state index >= 15 is 0 Å². The van der Waals surface area contributed by atoms with Gasteiger partial charge in [0.2, 0.25) is 0 Å². The van der Waals surface area contributed by atoms with Crippen LogP contribution in [0, 0.1) is 0 Å². The Hall–Kier alpha value is -5.08.